The maximum absolute atomic E-state index is 13.3. The van der Waals surface area contributed by atoms with E-state index in [9.17, 15) is 9.18 Å². The predicted molar refractivity (Wildman–Crippen MR) is 120 cm³/mol. The summed E-state index contributed by atoms with van der Waals surface area (Å²) in [6.07, 6.45) is 1.46. The lowest BCUT2D eigenvalue weighted by Gasteiger charge is -2.07. The molecular weight excluding hydrogens is 423 g/mol. The quantitative estimate of drug-likeness (QED) is 0.382. The van der Waals surface area contributed by atoms with Crippen LogP contribution in [-0.4, -0.2) is 20.7 Å². The third kappa shape index (κ3) is 4.74. The molecule has 0 saturated heterocycles. The molecule has 33 heavy (non-hydrogen) atoms. The number of nitrogens with zero attached hydrogens (tertiary/aromatic N) is 3. The zero-order valence-corrected chi connectivity index (χ0v) is 17.4. The van der Waals surface area contributed by atoms with E-state index in [1.807, 2.05) is 42.5 Å². The Kier molecular flexibility index (Phi) is 5.55. The van der Waals surface area contributed by atoms with Crippen LogP contribution in [0.5, 0.6) is 5.75 Å². The van der Waals surface area contributed by atoms with Crippen molar-refractivity contribution in [1.29, 1.82) is 0 Å². The molecular formula is C25H19FN4O3. The van der Waals surface area contributed by atoms with E-state index >= 15 is 0 Å². The molecule has 0 aliphatic heterocycles. The van der Waals surface area contributed by atoms with E-state index in [-0.39, 0.29) is 24.1 Å². The summed E-state index contributed by atoms with van der Waals surface area (Å²) in [7, 11) is 0. The molecule has 2 heterocycles. The van der Waals surface area contributed by atoms with Gasteiger partial charge in [-0.1, -0.05) is 48.5 Å². The number of hydrogen-bond acceptors (Lipinski definition) is 5. The zero-order valence-electron chi connectivity index (χ0n) is 17.4. The molecule has 0 bridgehead atoms. The van der Waals surface area contributed by atoms with Crippen molar-refractivity contribution >= 4 is 22.6 Å². The summed E-state index contributed by atoms with van der Waals surface area (Å²) in [6, 6.07) is 23.3. The number of rotatable bonds is 7. The van der Waals surface area contributed by atoms with Gasteiger partial charge in [-0.3, -0.25) is 10.1 Å². The monoisotopic (exact) mass is 442 g/mol. The van der Waals surface area contributed by atoms with E-state index in [1.54, 1.807) is 24.3 Å². The van der Waals surface area contributed by atoms with E-state index in [2.05, 4.69) is 15.4 Å². The summed E-state index contributed by atoms with van der Waals surface area (Å²) in [5, 5.41) is 8.88. The summed E-state index contributed by atoms with van der Waals surface area (Å²) < 4.78 is 26.4. The summed E-state index contributed by atoms with van der Waals surface area (Å²) in [5.74, 6) is 0.699. The molecule has 164 valence electrons. The van der Waals surface area contributed by atoms with Crippen molar-refractivity contribution in [1.82, 2.24) is 14.8 Å². The first kappa shape index (κ1) is 20.4. The van der Waals surface area contributed by atoms with Gasteiger partial charge in [0.15, 0.2) is 5.76 Å². The number of hydrogen-bond donors (Lipinski definition) is 1. The standard InChI is InChI=1S/C25H19FN4O3/c26-19-8-3-5-17(13-19)14-30-16-27-25(29-30)28-24(31)23-12-11-20(33-23)15-32-22-10-4-7-18-6-1-2-9-21(18)22/h1-13,16H,14-15H2,(H,28,29,31). The van der Waals surface area contributed by atoms with Crippen LogP contribution in [0.4, 0.5) is 10.3 Å². The molecule has 3 aromatic carbocycles. The third-order valence-corrected chi connectivity index (χ3v) is 5.00. The molecule has 5 rings (SSSR count). The molecule has 1 amide bonds. The largest absolute Gasteiger partial charge is 0.485 e. The van der Waals surface area contributed by atoms with Gasteiger partial charge in [0.2, 0.25) is 5.95 Å². The normalized spacial score (nSPS) is 10.9. The van der Waals surface area contributed by atoms with E-state index in [0.717, 1.165) is 22.1 Å². The van der Waals surface area contributed by atoms with Gasteiger partial charge in [-0.05, 0) is 41.3 Å². The average Bonchev–Trinajstić information content (AvgIpc) is 3.47. The maximum atomic E-state index is 13.3. The topological polar surface area (TPSA) is 82.2 Å². The Morgan fingerprint density at radius 1 is 1.03 bits per heavy atom. The fourth-order valence-corrected chi connectivity index (χ4v) is 3.46. The summed E-state index contributed by atoms with van der Waals surface area (Å²) in [4.78, 5) is 16.6. The van der Waals surface area contributed by atoms with E-state index < -0.39 is 5.91 Å². The lowest BCUT2D eigenvalue weighted by atomic mass is 10.1. The van der Waals surface area contributed by atoms with Gasteiger partial charge in [0, 0.05) is 5.39 Å². The summed E-state index contributed by atoms with van der Waals surface area (Å²) in [6.45, 7) is 0.513. The van der Waals surface area contributed by atoms with Crippen molar-refractivity contribution in [3.05, 3.63) is 108 Å². The van der Waals surface area contributed by atoms with Crippen LogP contribution < -0.4 is 10.1 Å². The van der Waals surface area contributed by atoms with Crippen LogP contribution in [0.15, 0.2) is 89.6 Å². The van der Waals surface area contributed by atoms with Crippen LogP contribution in [0.25, 0.3) is 10.8 Å². The highest BCUT2D eigenvalue weighted by Crippen LogP contribution is 2.26. The van der Waals surface area contributed by atoms with Gasteiger partial charge in [-0.2, -0.15) is 0 Å². The minimum atomic E-state index is -0.477. The number of nitrogens with one attached hydrogen (secondary N) is 1. The second-order valence-electron chi connectivity index (χ2n) is 7.38. The average molecular weight is 442 g/mol. The van der Waals surface area contributed by atoms with E-state index in [0.29, 0.717) is 12.3 Å². The molecule has 0 fully saturated rings. The molecule has 0 spiro atoms. The third-order valence-electron chi connectivity index (χ3n) is 5.00. The van der Waals surface area contributed by atoms with Crippen molar-refractivity contribution in [3.8, 4) is 5.75 Å². The second-order valence-corrected chi connectivity index (χ2v) is 7.38. The Morgan fingerprint density at radius 3 is 2.79 bits per heavy atom. The number of benzene rings is 3. The highest BCUT2D eigenvalue weighted by Gasteiger charge is 2.14. The first-order chi connectivity index (χ1) is 16.1. The molecule has 7 nitrogen and oxygen atoms in total. The van der Waals surface area contributed by atoms with E-state index in [4.69, 9.17) is 9.15 Å². The number of aromatic nitrogens is 3. The van der Waals surface area contributed by atoms with Crippen LogP contribution in [0, 0.1) is 5.82 Å². The molecule has 0 unspecified atom stereocenters. The maximum Gasteiger partial charge on any atom is 0.293 e. The van der Waals surface area contributed by atoms with Crippen LogP contribution in [0.3, 0.4) is 0 Å². The Bertz CT molecular complexity index is 1420. The zero-order chi connectivity index (χ0) is 22.6. The minimum absolute atomic E-state index is 0.119. The molecule has 2 aromatic heterocycles. The Hall–Kier alpha value is -4.46. The number of carbonyl (C=O) groups is 1. The molecule has 0 saturated carbocycles. The number of halogens is 1. The summed E-state index contributed by atoms with van der Waals surface area (Å²) in [5.41, 5.74) is 0.736. The molecule has 0 aliphatic rings. The SMILES string of the molecule is O=C(Nc1ncn(Cc2cccc(F)c2)n1)c1ccc(COc2cccc3ccccc23)o1. The summed E-state index contributed by atoms with van der Waals surface area (Å²) >= 11 is 0. The van der Waals surface area contributed by atoms with Gasteiger partial charge < -0.3 is 9.15 Å². The predicted octanol–water partition coefficient (Wildman–Crippen LogP) is 5.04. The highest BCUT2D eigenvalue weighted by molar-refractivity contribution is 6.01. The smallest absolute Gasteiger partial charge is 0.293 e. The Morgan fingerprint density at radius 2 is 1.88 bits per heavy atom. The Balaban J connectivity index is 1.20. The molecule has 0 radical (unpaired) electrons. The number of fused-ring (bicyclic) bond motifs is 1. The Labute approximate surface area is 188 Å². The van der Waals surface area contributed by atoms with Crippen LogP contribution in [0.1, 0.15) is 21.9 Å². The van der Waals surface area contributed by atoms with Crippen molar-refractivity contribution in [2.24, 2.45) is 0 Å². The van der Waals surface area contributed by atoms with E-state index in [1.165, 1.54) is 23.1 Å². The molecule has 1 N–H and O–H groups in total. The lowest BCUT2D eigenvalue weighted by molar-refractivity contribution is 0.0991. The number of ether oxygens (including phenoxy) is 1. The van der Waals surface area contributed by atoms with Gasteiger partial charge in [0.25, 0.3) is 5.91 Å². The number of amides is 1. The van der Waals surface area contributed by atoms with Crippen molar-refractivity contribution in [2.45, 2.75) is 13.2 Å². The van der Waals surface area contributed by atoms with Crippen molar-refractivity contribution < 1.29 is 18.3 Å². The van der Waals surface area contributed by atoms with Crippen molar-refractivity contribution in [2.75, 3.05) is 5.32 Å². The first-order valence-corrected chi connectivity index (χ1v) is 10.3. The van der Waals surface area contributed by atoms with Gasteiger partial charge in [-0.15, -0.1) is 5.10 Å². The van der Waals surface area contributed by atoms with Crippen LogP contribution in [0.2, 0.25) is 0 Å². The van der Waals surface area contributed by atoms with Crippen LogP contribution in [-0.2, 0) is 13.2 Å². The highest BCUT2D eigenvalue weighted by atomic mass is 19.1. The fraction of sp³-hybridized carbons (Fsp3) is 0.0800. The van der Waals surface area contributed by atoms with Crippen LogP contribution >= 0.6 is 0 Å². The second kappa shape index (κ2) is 8.96. The minimum Gasteiger partial charge on any atom is -0.485 e. The number of carbonyl (C=O) groups excluding carboxylic acids is 1. The fourth-order valence-electron chi connectivity index (χ4n) is 3.46. The number of anilines is 1. The van der Waals surface area contributed by atoms with Gasteiger partial charge >= 0.3 is 0 Å². The van der Waals surface area contributed by atoms with Crippen molar-refractivity contribution in [3.63, 3.8) is 0 Å². The first-order valence-electron chi connectivity index (χ1n) is 10.3. The van der Waals surface area contributed by atoms with Gasteiger partial charge in [-0.25, -0.2) is 14.1 Å². The molecule has 5 aromatic rings. The molecule has 8 heteroatoms. The van der Waals surface area contributed by atoms with Gasteiger partial charge in [0.05, 0.1) is 6.54 Å². The number of furan rings is 1. The molecule has 0 atom stereocenters. The molecule has 0 aliphatic carbocycles. The lowest BCUT2D eigenvalue weighted by Crippen LogP contribution is -2.12. The van der Waals surface area contributed by atoms with Gasteiger partial charge in [0.1, 0.15) is 30.3 Å².